The van der Waals surface area contributed by atoms with Crippen LogP contribution in [-0.4, -0.2) is 40.0 Å². The Morgan fingerprint density at radius 2 is 1.88 bits per heavy atom. The number of anilines is 1. The first kappa shape index (κ1) is 22.4. The second-order valence-electron chi connectivity index (χ2n) is 8.33. The van der Waals surface area contributed by atoms with Crippen LogP contribution in [0.4, 0.5) is 10.1 Å². The summed E-state index contributed by atoms with van der Waals surface area (Å²) in [5.74, 6) is -0.324. The monoisotopic (exact) mass is 452 g/mol. The molecular weight excluding hydrogens is 427 g/mol. The molecule has 0 unspecified atom stereocenters. The number of piperidine rings is 1. The van der Waals surface area contributed by atoms with Crippen molar-refractivity contribution in [1.29, 1.82) is 0 Å². The predicted octanol–water partition coefficient (Wildman–Crippen LogP) is 5.60. The Morgan fingerprint density at radius 1 is 1.09 bits per heavy atom. The summed E-state index contributed by atoms with van der Waals surface area (Å²) in [4.78, 5) is 23.7. The van der Waals surface area contributed by atoms with E-state index >= 15 is 0 Å². The lowest BCUT2D eigenvalue weighted by molar-refractivity contribution is 0.102. The molecule has 1 saturated heterocycles. The minimum atomic E-state index is -0.708. The van der Waals surface area contributed by atoms with Gasteiger partial charge in [-0.15, -0.1) is 0 Å². The van der Waals surface area contributed by atoms with E-state index in [2.05, 4.69) is 26.3 Å². The number of halogens is 2. The smallest absolute Gasteiger partial charge is 0.274 e. The maximum Gasteiger partial charge on any atom is 0.274 e. The number of aromatic nitrogens is 2. The van der Waals surface area contributed by atoms with Gasteiger partial charge in [0, 0.05) is 54.0 Å². The van der Waals surface area contributed by atoms with Crippen LogP contribution in [-0.2, 0) is 6.54 Å². The van der Waals surface area contributed by atoms with E-state index in [9.17, 15) is 9.18 Å². The first-order valence-electron chi connectivity index (χ1n) is 10.7. The number of nitrogens with one attached hydrogen (secondary N) is 1. The van der Waals surface area contributed by atoms with Crippen molar-refractivity contribution in [3.63, 3.8) is 0 Å². The van der Waals surface area contributed by atoms with Crippen LogP contribution in [0, 0.1) is 13.8 Å². The van der Waals surface area contributed by atoms with Gasteiger partial charge in [-0.1, -0.05) is 17.7 Å². The average Bonchev–Trinajstić information content (AvgIpc) is 2.77. The molecule has 0 bridgehead atoms. The summed E-state index contributed by atoms with van der Waals surface area (Å²) in [6, 6.07) is 11.5. The largest absolute Gasteiger partial charge is 0.321 e. The Bertz CT molecular complexity index is 1110. The van der Waals surface area contributed by atoms with Crippen molar-refractivity contribution in [2.24, 2.45) is 0 Å². The predicted molar refractivity (Wildman–Crippen MR) is 126 cm³/mol. The number of rotatable bonds is 5. The van der Waals surface area contributed by atoms with Crippen LogP contribution in [0.25, 0.3) is 11.1 Å². The topological polar surface area (TPSA) is 58.1 Å². The van der Waals surface area contributed by atoms with Gasteiger partial charge in [0.25, 0.3) is 5.91 Å². The number of likely N-dealkylation sites (tertiary alicyclic amines) is 1. The van der Waals surface area contributed by atoms with E-state index in [1.165, 1.54) is 0 Å². The molecule has 0 radical (unpaired) electrons. The third-order valence-corrected chi connectivity index (χ3v) is 6.10. The number of alkyl halides is 1. The first-order valence-corrected chi connectivity index (χ1v) is 11.1. The van der Waals surface area contributed by atoms with Gasteiger partial charge in [0.1, 0.15) is 11.9 Å². The maximum atomic E-state index is 13.5. The van der Waals surface area contributed by atoms with Crippen molar-refractivity contribution in [3.05, 3.63) is 76.3 Å². The van der Waals surface area contributed by atoms with Crippen LogP contribution < -0.4 is 5.32 Å². The van der Waals surface area contributed by atoms with Crippen molar-refractivity contribution in [2.45, 2.75) is 39.4 Å². The highest BCUT2D eigenvalue weighted by atomic mass is 35.5. The third kappa shape index (κ3) is 5.50. The molecule has 5 nitrogen and oxygen atoms in total. The van der Waals surface area contributed by atoms with E-state index in [4.69, 9.17) is 11.6 Å². The Kier molecular flexibility index (Phi) is 6.82. The van der Waals surface area contributed by atoms with Crippen LogP contribution in [0.1, 0.15) is 40.2 Å². The van der Waals surface area contributed by atoms with E-state index in [-0.39, 0.29) is 11.6 Å². The first-order chi connectivity index (χ1) is 15.4. The van der Waals surface area contributed by atoms with Gasteiger partial charge in [0.2, 0.25) is 0 Å². The molecule has 1 aliphatic heterocycles. The standard InChI is InChI=1S/C25H26ClFN4O/c1-16-13-29-24(12-23(16)26)25(32)30-22-10-18(15-31-7-5-21(27)6-8-31)9-20(11-22)19-4-3-17(2)28-14-19/h3-4,9-14,21H,5-8,15H2,1-2H3,(H,30,32). The highest BCUT2D eigenvalue weighted by molar-refractivity contribution is 6.31. The molecule has 1 aliphatic rings. The number of aryl methyl sites for hydroxylation is 2. The van der Waals surface area contributed by atoms with Crippen molar-refractivity contribution in [1.82, 2.24) is 14.9 Å². The van der Waals surface area contributed by atoms with Gasteiger partial charge in [0.15, 0.2) is 0 Å². The van der Waals surface area contributed by atoms with Crippen molar-refractivity contribution >= 4 is 23.2 Å². The fourth-order valence-corrected chi connectivity index (χ4v) is 3.95. The number of hydrogen-bond acceptors (Lipinski definition) is 4. The lowest BCUT2D eigenvalue weighted by Crippen LogP contribution is -2.33. The van der Waals surface area contributed by atoms with Crippen molar-refractivity contribution in [2.75, 3.05) is 18.4 Å². The lowest BCUT2D eigenvalue weighted by Gasteiger charge is -2.28. The van der Waals surface area contributed by atoms with E-state index in [0.717, 1.165) is 41.0 Å². The van der Waals surface area contributed by atoms with Gasteiger partial charge in [-0.3, -0.25) is 19.7 Å². The van der Waals surface area contributed by atoms with Gasteiger partial charge in [-0.25, -0.2) is 4.39 Å². The van der Waals surface area contributed by atoms with Crippen LogP contribution in [0.2, 0.25) is 5.02 Å². The number of hydrogen-bond donors (Lipinski definition) is 1. The third-order valence-electron chi connectivity index (χ3n) is 5.69. The minimum absolute atomic E-state index is 0.259. The van der Waals surface area contributed by atoms with Gasteiger partial charge < -0.3 is 5.32 Å². The van der Waals surface area contributed by atoms with E-state index in [0.29, 0.717) is 30.1 Å². The summed E-state index contributed by atoms with van der Waals surface area (Å²) in [6.07, 6.45) is 3.83. The minimum Gasteiger partial charge on any atom is -0.321 e. The Labute approximate surface area is 192 Å². The van der Waals surface area contributed by atoms with Crippen LogP contribution in [0.3, 0.4) is 0 Å². The number of pyridine rings is 2. The number of amides is 1. The highest BCUT2D eigenvalue weighted by Gasteiger charge is 2.19. The molecule has 32 heavy (non-hydrogen) atoms. The zero-order valence-corrected chi connectivity index (χ0v) is 19.0. The van der Waals surface area contributed by atoms with Gasteiger partial charge in [0.05, 0.1) is 0 Å². The van der Waals surface area contributed by atoms with E-state index < -0.39 is 6.17 Å². The van der Waals surface area contributed by atoms with E-state index in [1.54, 1.807) is 12.3 Å². The Morgan fingerprint density at radius 3 is 2.56 bits per heavy atom. The van der Waals surface area contributed by atoms with Crippen LogP contribution in [0.5, 0.6) is 0 Å². The molecule has 0 atom stereocenters. The summed E-state index contributed by atoms with van der Waals surface area (Å²) >= 11 is 6.16. The van der Waals surface area contributed by atoms with Crippen LogP contribution >= 0.6 is 11.6 Å². The summed E-state index contributed by atoms with van der Waals surface area (Å²) in [6.45, 7) is 5.93. The number of carbonyl (C=O) groups is 1. The van der Waals surface area contributed by atoms with Gasteiger partial charge in [-0.2, -0.15) is 0 Å². The molecule has 0 saturated carbocycles. The molecule has 4 rings (SSSR count). The summed E-state index contributed by atoms with van der Waals surface area (Å²) in [5.41, 5.74) is 5.65. The molecule has 166 valence electrons. The molecule has 0 aliphatic carbocycles. The maximum absolute atomic E-state index is 13.5. The number of nitrogens with zero attached hydrogens (tertiary/aromatic N) is 3. The molecule has 1 N–H and O–H groups in total. The quantitative estimate of drug-likeness (QED) is 0.547. The number of carbonyl (C=O) groups excluding carboxylic acids is 1. The fourth-order valence-electron chi connectivity index (χ4n) is 3.80. The Balaban J connectivity index is 1.62. The molecule has 1 fully saturated rings. The second-order valence-corrected chi connectivity index (χ2v) is 8.74. The van der Waals surface area contributed by atoms with E-state index in [1.807, 2.05) is 44.3 Å². The van der Waals surface area contributed by atoms with Crippen molar-refractivity contribution < 1.29 is 9.18 Å². The molecular formula is C25H26ClFN4O. The zero-order valence-electron chi connectivity index (χ0n) is 18.2. The SMILES string of the molecule is Cc1ccc(-c2cc(CN3CCC(F)CC3)cc(NC(=O)c3cc(Cl)c(C)cn3)c2)cn1. The number of benzene rings is 1. The van der Waals surface area contributed by atoms with Crippen molar-refractivity contribution in [3.8, 4) is 11.1 Å². The molecule has 1 aromatic carbocycles. The lowest BCUT2D eigenvalue weighted by atomic mass is 10.0. The fraction of sp³-hybridized carbons (Fsp3) is 0.320. The molecule has 3 aromatic rings. The normalized spacial score (nSPS) is 15.0. The molecule has 0 spiro atoms. The Hall–Kier alpha value is -2.83. The van der Waals surface area contributed by atoms with Gasteiger partial charge in [-0.05, 0) is 73.7 Å². The zero-order chi connectivity index (χ0) is 22.7. The summed E-state index contributed by atoms with van der Waals surface area (Å²) < 4.78 is 13.5. The van der Waals surface area contributed by atoms with Gasteiger partial charge >= 0.3 is 0 Å². The summed E-state index contributed by atoms with van der Waals surface area (Å²) in [5, 5.41) is 3.45. The average molecular weight is 453 g/mol. The summed E-state index contributed by atoms with van der Waals surface area (Å²) in [7, 11) is 0. The molecule has 2 aromatic heterocycles. The molecule has 3 heterocycles. The highest BCUT2D eigenvalue weighted by Crippen LogP contribution is 2.27. The van der Waals surface area contributed by atoms with Crippen LogP contribution in [0.15, 0.2) is 48.8 Å². The second kappa shape index (κ2) is 9.76. The molecule has 7 heteroatoms. The molecule has 1 amide bonds.